The molecule has 4 N–H and O–H groups in total. The van der Waals surface area contributed by atoms with Crippen molar-refractivity contribution in [2.45, 2.75) is 57.2 Å². The zero-order valence-electron chi connectivity index (χ0n) is 28.5. The van der Waals surface area contributed by atoms with Gasteiger partial charge in [-0.1, -0.05) is 79.8 Å². The van der Waals surface area contributed by atoms with Gasteiger partial charge in [-0.2, -0.15) is 0 Å². The van der Waals surface area contributed by atoms with E-state index in [0.717, 1.165) is 22.4 Å². The van der Waals surface area contributed by atoms with Gasteiger partial charge in [0.15, 0.2) is 0 Å². The molecule has 4 aromatic rings. The Kier molecular flexibility index (Phi) is 10.0. The van der Waals surface area contributed by atoms with E-state index >= 15 is 0 Å². The van der Waals surface area contributed by atoms with Crippen molar-refractivity contribution in [2.75, 3.05) is 23.9 Å². The van der Waals surface area contributed by atoms with E-state index < -0.39 is 29.3 Å². The van der Waals surface area contributed by atoms with Gasteiger partial charge in [-0.15, -0.1) is 0 Å². The highest BCUT2D eigenvalue weighted by molar-refractivity contribution is 6.35. The van der Waals surface area contributed by atoms with Crippen LogP contribution in [0.1, 0.15) is 70.5 Å². The molecule has 1 fully saturated rings. The molecule has 266 valence electrons. The summed E-state index contributed by atoms with van der Waals surface area (Å²) in [7, 11) is 1.42. The molecule has 6 rings (SSSR count). The van der Waals surface area contributed by atoms with Crippen LogP contribution in [0.5, 0.6) is 5.75 Å². The van der Waals surface area contributed by atoms with Crippen molar-refractivity contribution in [2.24, 2.45) is 5.41 Å². The van der Waals surface area contributed by atoms with Gasteiger partial charge < -0.3 is 30.5 Å². The molecule has 0 saturated carbocycles. The van der Waals surface area contributed by atoms with Crippen molar-refractivity contribution >= 4 is 64.0 Å². The van der Waals surface area contributed by atoms with Crippen LogP contribution in [0.3, 0.4) is 0 Å². The number of carboxylic acid groups (broad SMARTS) is 2. The van der Waals surface area contributed by atoms with Crippen molar-refractivity contribution in [3.63, 3.8) is 0 Å². The molecule has 0 aliphatic carbocycles. The molecule has 1 spiro atoms. The largest absolute Gasteiger partial charge is 0.495 e. The second-order valence-corrected chi connectivity index (χ2v) is 15.7. The monoisotopic (exact) mass is 749 g/mol. The van der Waals surface area contributed by atoms with E-state index in [2.05, 4.69) is 36.3 Å². The second kappa shape index (κ2) is 14.0. The molecular formula is C39H38Cl3N3O6. The molecule has 1 saturated heterocycles. The Labute approximate surface area is 311 Å². The summed E-state index contributed by atoms with van der Waals surface area (Å²) in [4.78, 5) is 40.1. The number of aromatic carboxylic acids is 2. The fourth-order valence-corrected chi connectivity index (χ4v) is 8.42. The van der Waals surface area contributed by atoms with Crippen molar-refractivity contribution in [3.05, 3.63) is 122 Å². The molecule has 51 heavy (non-hydrogen) atoms. The average molecular weight is 751 g/mol. The van der Waals surface area contributed by atoms with Gasteiger partial charge in [0.05, 0.1) is 30.0 Å². The number of methoxy groups -OCH3 is 1. The minimum Gasteiger partial charge on any atom is -0.495 e. The van der Waals surface area contributed by atoms with Crippen LogP contribution in [-0.2, 0) is 16.8 Å². The van der Waals surface area contributed by atoms with Crippen LogP contribution >= 0.6 is 34.8 Å². The molecule has 2 aliphatic heterocycles. The fourth-order valence-electron chi connectivity index (χ4n) is 7.73. The molecule has 0 unspecified atom stereocenters. The van der Waals surface area contributed by atoms with Crippen molar-refractivity contribution in [1.29, 1.82) is 0 Å². The highest BCUT2D eigenvalue weighted by atomic mass is 35.5. The number of carbonyl (C=O) groups is 3. The van der Waals surface area contributed by atoms with Crippen molar-refractivity contribution < 1.29 is 29.3 Å². The third-order valence-corrected chi connectivity index (χ3v) is 10.6. The van der Waals surface area contributed by atoms with E-state index in [1.54, 1.807) is 24.3 Å². The zero-order valence-corrected chi connectivity index (χ0v) is 30.7. The third-order valence-electron chi connectivity index (χ3n) is 9.82. The van der Waals surface area contributed by atoms with Crippen LogP contribution in [0.15, 0.2) is 78.9 Å². The first kappa shape index (κ1) is 36.5. The Morgan fingerprint density at radius 1 is 0.902 bits per heavy atom. The Balaban J connectivity index is 1.51. The predicted octanol–water partition coefficient (Wildman–Crippen LogP) is 8.51. The van der Waals surface area contributed by atoms with Crippen molar-refractivity contribution in [1.82, 2.24) is 5.32 Å². The molecule has 2 aliphatic rings. The van der Waals surface area contributed by atoms with Crippen molar-refractivity contribution in [3.8, 4) is 5.75 Å². The average Bonchev–Trinajstić information content (AvgIpc) is 3.54. The van der Waals surface area contributed by atoms with Gasteiger partial charge in [0.25, 0.3) is 0 Å². The molecule has 12 heteroatoms. The molecule has 0 radical (unpaired) electrons. The van der Waals surface area contributed by atoms with E-state index in [-0.39, 0.29) is 34.2 Å². The number of anilines is 2. The molecule has 0 aromatic heterocycles. The number of rotatable bonds is 9. The standard InChI is InChI=1S/C39H38Cl3N3O6/c1-38(2,3)18-32-39(20-45(30-17-25(41)11-13-27(30)39)19-21-5-7-22(8-6-21)36(47)48)33(26-12-10-24(40)16-28(26)42)34(44-32)35(46)43-29-14-9-23(37(49)50)15-31(29)51-4/h5-17,32-34,44H,18-20H2,1-4H3,(H,43,46)(H,47,48)(H,49,50)/t32-,33-,34+,39-/m0/s1. The first-order valence-corrected chi connectivity index (χ1v) is 17.5. The molecule has 4 atom stereocenters. The summed E-state index contributed by atoms with van der Waals surface area (Å²) >= 11 is 20.1. The SMILES string of the molecule is COc1cc(C(=O)O)ccc1NC(=O)[C@@H]1N[C@@H](CC(C)(C)C)[C@@]2(CN(Cc3ccc(C(=O)O)cc3)c3cc(Cl)ccc32)[C@H]1c1ccc(Cl)cc1Cl. The number of carbonyl (C=O) groups excluding carboxylic acids is 1. The number of nitrogens with zero attached hydrogens (tertiary/aromatic N) is 1. The smallest absolute Gasteiger partial charge is 0.335 e. The van der Waals surface area contributed by atoms with Crippen LogP contribution in [0.2, 0.25) is 15.1 Å². The molecule has 0 bridgehead atoms. The Hall–Kier alpha value is -4.28. The van der Waals surface area contributed by atoms with Gasteiger partial charge in [-0.3, -0.25) is 4.79 Å². The van der Waals surface area contributed by atoms with Gasteiger partial charge in [-0.05, 0) is 83.1 Å². The minimum atomic E-state index is -1.12. The van der Waals surface area contributed by atoms with E-state index in [1.807, 2.05) is 36.4 Å². The summed E-state index contributed by atoms with van der Waals surface area (Å²) in [5.41, 5.74) is 3.24. The van der Waals surface area contributed by atoms with Crippen LogP contribution in [0, 0.1) is 5.41 Å². The lowest BCUT2D eigenvalue weighted by Gasteiger charge is -2.40. The third kappa shape index (κ3) is 7.13. The van der Waals surface area contributed by atoms with E-state index in [9.17, 15) is 24.6 Å². The number of fused-ring (bicyclic) bond motifs is 2. The highest BCUT2D eigenvalue weighted by Gasteiger charge is 2.62. The van der Waals surface area contributed by atoms with E-state index in [0.29, 0.717) is 40.3 Å². The number of nitrogens with one attached hydrogen (secondary N) is 2. The molecule has 4 aromatic carbocycles. The Morgan fingerprint density at radius 3 is 2.18 bits per heavy atom. The van der Waals surface area contributed by atoms with Crippen LogP contribution in [0.4, 0.5) is 11.4 Å². The number of halogens is 3. The Morgan fingerprint density at radius 2 is 1.55 bits per heavy atom. The Bertz CT molecular complexity index is 2010. The zero-order chi connectivity index (χ0) is 36.8. The molecular weight excluding hydrogens is 713 g/mol. The number of hydrogen-bond donors (Lipinski definition) is 4. The lowest BCUT2D eigenvalue weighted by atomic mass is 9.63. The maximum absolute atomic E-state index is 14.6. The van der Waals surface area contributed by atoms with E-state index in [1.165, 1.54) is 25.3 Å². The lowest BCUT2D eigenvalue weighted by Crippen LogP contribution is -2.48. The summed E-state index contributed by atoms with van der Waals surface area (Å²) < 4.78 is 5.49. The number of amides is 1. The van der Waals surface area contributed by atoms with Gasteiger partial charge in [-0.25, -0.2) is 9.59 Å². The molecule has 9 nitrogen and oxygen atoms in total. The number of benzene rings is 4. The fraction of sp³-hybridized carbons (Fsp3) is 0.308. The summed E-state index contributed by atoms with van der Waals surface area (Å²) in [5.74, 6) is -2.76. The summed E-state index contributed by atoms with van der Waals surface area (Å²) in [6.45, 7) is 7.43. The van der Waals surface area contributed by atoms with Gasteiger partial charge in [0, 0.05) is 51.2 Å². The normalized spacial score (nSPS) is 21.1. The highest BCUT2D eigenvalue weighted by Crippen LogP contribution is 2.59. The summed E-state index contributed by atoms with van der Waals surface area (Å²) in [6.07, 6.45) is 0.693. The number of carboxylic acids is 2. The van der Waals surface area contributed by atoms with Crippen LogP contribution in [-0.4, -0.2) is 53.8 Å². The number of hydrogen-bond acceptors (Lipinski definition) is 6. The van der Waals surface area contributed by atoms with Crippen LogP contribution in [0.25, 0.3) is 0 Å². The van der Waals surface area contributed by atoms with Gasteiger partial charge in [0.2, 0.25) is 5.91 Å². The van der Waals surface area contributed by atoms with Gasteiger partial charge in [0.1, 0.15) is 5.75 Å². The topological polar surface area (TPSA) is 128 Å². The first-order valence-electron chi connectivity index (χ1n) is 16.4. The predicted molar refractivity (Wildman–Crippen MR) is 200 cm³/mol. The quantitative estimate of drug-likeness (QED) is 0.134. The van der Waals surface area contributed by atoms with E-state index in [4.69, 9.17) is 39.5 Å². The van der Waals surface area contributed by atoms with Crippen LogP contribution < -0.4 is 20.3 Å². The molecule has 2 heterocycles. The lowest BCUT2D eigenvalue weighted by molar-refractivity contribution is -0.118. The summed E-state index contributed by atoms with van der Waals surface area (Å²) in [6, 6.07) is 21.2. The minimum absolute atomic E-state index is 0.0257. The summed E-state index contributed by atoms with van der Waals surface area (Å²) in [5, 5.41) is 27.2. The first-order chi connectivity index (χ1) is 24.1. The maximum atomic E-state index is 14.6. The maximum Gasteiger partial charge on any atom is 0.335 e. The molecule has 1 amide bonds. The van der Waals surface area contributed by atoms with Gasteiger partial charge >= 0.3 is 11.9 Å². The second-order valence-electron chi connectivity index (χ2n) is 14.4. The number of ether oxygens (including phenoxy) is 1.